The van der Waals surface area contributed by atoms with Crippen LogP contribution in [0.4, 0.5) is 0 Å². The molecular weight excluding hydrogens is 244 g/mol. The largest absolute Gasteiger partial charge is 0.493 e. The molecule has 4 heteroatoms. The minimum atomic E-state index is -0.493. The Morgan fingerprint density at radius 3 is 2.47 bits per heavy atom. The number of carbonyl (C=O) groups excluding carboxylic acids is 1. The zero-order chi connectivity index (χ0) is 13.9. The number of hydrogen-bond donors (Lipinski definition) is 0. The molecule has 0 spiro atoms. The molecule has 0 amide bonds. The van der Waals surface area contributed by atoms with Crippen molar-refractivity contribution in [3.05, 3.63) is 23.8 Å². The van der Waals surface area contributed by atoms with Gasteiger partial charge in [0.1, 0.15) is 0 Å². The Kier molecular flexibility index (Phi) is 3.98. The van der Waals surface area contributed by atoms with Crippen LogP contribution in [0.25, 0.3) is 0 Å². The second-order valence-electron chi connectivity index (χ2n) is 4.73. The summed E-state index contributed by atoms with van der Waals surface area (Å²) in [6, 6.07) is 5.68. The SMILES string of the molecule is CCOc1cc(C2(C(=O)OC)CCC2)ccc1OC. The number of esters is 1. The van der Waals surface area contributed by atoms with Crippen molar-refractivity contribution in [2.24, 2.45) is 0 Å². The number of methoxy groups -OCH3 is 2. The molecule has 2 rings (SSSR count). The molecular formula is C15H20O4. The summed E-state index contributed by atoms with van der Waals surface area (Å²) in [5, 5.41) is 0. The van der Waals surface area contributed by atoms with Gasteiger partial charge in [0.05, 0.1) is 26.2 Å². The third kappa shape index (κ3) is 2.27. The molecule has 1 fully saturated rings. The van der Waals surface area contributed by atoms with E-state index in [1.807, 2.05) is 25.1 Å². The van der Waals surface area contributed by atoms with Crippen molar-refractivity contribution in [3.63, 3.8) is 0 Å². The van der Waals surface area contributed by atoms with E-state index in [0.717, 1.165) is 24.8 Å². The maximum atomic E-state index is 12.0. The van der Waals surface area contributed by atoms with E-state index in [-0.39, 0.29) is 5.97 Å². The van der Waals surface area contributed by atoms with Gasteiger partial charge in [-0.05, 0) is 37.5 Å². The van der Waals surface area contributed by atoms with Crippen molar-refractivity contribution in [2.45, 2.75) is 31.6 Å². The molecule has 0 saturated heterocycles. The Balaban J connectivity index is 2.39. The molecule has 1 aliphatic carbocycles. The second-order valence-corrected chi connectivity index (χ2v) is 4.73. The summed E-state index contributed by atoms with van der Waals surface area (Å²) in [4.78, 5) is 12.0. The summed E-state index contributed by atoms with van der Waals surface area (Å²) in [5.41, 5.74) is 0.460. The van der Waals surface area contributed by atoms with Gasteiger partial charge in [-0.15, -0.1) is 0 Å². The zero-order valence-corrected chi connectivity index (χ0v) is 11.7. The van der Waals surface area contributed by atoms with E-state index in [4.69, 9.17) is 14.2 Å². The molecule has 1 aliphatic rings. The van der Waals surface area contributed by atoms with Gasteiger partial charge in [0, 0.05) is 0 Å². The van der Waals surface area contributed by atoms with Gasteiger partial charge in [0.15, 0.2) is 11.5 Å². The van der Waals surface area contributed by atoms with E-state index in [1.54, 1.807) is 7.11 Å². The van der Waals surface area contributed by atoms with E-state index in [2.05, 4.69) is 0 Å². The van der Waals surface area contributed by atoms with Gasteiger partial charge in [-0.2, -0.15) is 0 Å². The van der Waals surface area contributed by atoms with E-state index in [9.17, 15) is 4.79 Å². The van der Waals surface area contributed by atoms with Crippen LogP contribution in [0.1, 0.15) is 31.7 Å². The van der Waals surface area contributed by atoms with Crippen molar-refractivity contribution in [3.8, 4) is 11.5 Å². The van der Waals surface area contributed by atoms with Crippen molar-refractivity contribution in [2.75, 3.05) is 20.8 Å². The molecule has 0 N–H and O–H groups in total. The molecule has 1 saturated carbocycles. The predicted molar refractivity (Wildman–Crippen MR) is 71.7 cm³/mol. The van der Waals surface area contributed by atoms with Crippen LogP contribution in [0.3, 0.4) is 0 Å². The summed E-state index contributed by atoms with van der Waals surface area (Å²) in [6.45, 7) is 2.48. The van der Waals surface area contributed by atoms with E-state index < -0.39 is 5.41 Å². The number of hydrogen-bond acceptors (Lipinski definition) is 4. The number of ether oxygens (including phenoxy) is 3. The van der Waals surface area contributed by atoms with Gasteiger partial charge >= 0.3 is 5.97 Å². The predicted octanol–water partition coefficient (Wildman–Crippen LogP) is 2.69. The standard InChI is InChI=1S/C15H20O4/c1-4-19-13-10-11(6-7-12(13)17-2)15(8-5-9-15)14(16)18-3/h6-7,10H,4-5,8-9H2,1-3H3. The minimum Gasteiger partial charge on any atom is -0.493 e. The van der Waals surface area contributed by atoms with Gasteiger partial charge in [0.25, 0.3) is 0 Å². The molecule has 104 valence electrons. The van der Waals surface area contributed by atoms with E-state index >= 15 is 0 Å². The zero-order valence-electron chi connectivity index (χ0n) is 11.7. The first-order valence-electron chi connectivity index (χ1n) is 6.57. The van der Waals surface area contributed by atoms with Crippen LogP contribution in [-0.2, 0) is 14.9 Å². The molecule has 1 aromatic carbocycles. The molecule has 0 bridgehead atoms. The molecule has 0 heterocycles. The Hall–Kier alpha value is -1.71. The fraction of sp³-hybridized carbons (Fsp3) is 0.533. The van der Waals surface area contributed by atoms with Crippen LogP contribution in [-0.4, -0.2) is 26.8 Å². The highest BCUT2D eigenvalue weighted by Crippen LogP contribution is 2.46. The first-order chi connectivity index (χ1) is 9.17. The summed E-state index contributed by atoms with van der Waals surface area (Å²) < 4.78 is 15.8. The topological polar surface area (TPSA) is 44.8 Å². The first-order valence-corrected chi connectivity index (χ1v) is 6.57. The van der Waals surface area contributed by atoms with E-state index in [1.165, 1.54) is 7.11 Å². The highest BCUT2D eigenvalue weighted by Gasteiger charge is 2.47. The van der Waals surface area contributed by atoms with Gasteiger partial charge in [-0.25, -0.2) is 0 Å². The molecule has 0 unspecified atom stereocenters. The summed E-state index contributed by atoms with van der Waals surface area (Å²) in [6.07, 6.45) is 2.71. The number of benzene rings is 1. The lowest BCUT2D eigenvalue weighted by Gasteiger charge is -2.39. The maximum absolute atomic E-state index is 12.0. The third-order valence-corrected chi connectivity index (χ3v) is 3.80. The number of carbonyl (C=O) groups is 1. The molecule has 19 heavy (non-hydrogen) atoms. The monoisotopic (exact) mass is 264 g/mol. The normalized spacial score (nSPS) is 16.4. The fourth-order valence-electron chi connectivity index (χ4n) is 2.58. The lowest BCUT2D eigenvalue weighted by atomic mass is 9.64. The maximum Gasteiger partial charge on any atom is 0.316 e. The minimum absolute atomic E-state index is 0.161. The summed E-state index contributed by atoms with van der Waals surface area (Å²) >= 11 is 0. The molecule has 0 aliphatic heterocycles. The highest BCUT2D eigenvalue weighted by atomic mass is 16.5. The highest BCUT2D eigenvalue weighted by molar-refractivity contribution is 5.84. The smallest absolute Gasteiger partial charge is 0.316 e. The Morgan fingerprint density at radius 1 is 1.26 bits per heavy atom. The first kappa shape index (κ1) is 13.7. The quantitative estimate of drug-likeness (QED) is 0.767. The molecule has 0 aromatic heterocycles. The Labute approximate surface area is 113 Å². The van der Waals surface area contributed by atoms with Crippen LogP contribution >= 0.6 is 0 Å². The Bertz CT molecular complexity index is 463. The number of rotatable bonds is 5. The Morgan fingerprint density at radius 2 is 2.00 bits per heavy atom. The van der Waals surface area contributed by atoms with Crippen molar-refractivity contribution in [1.29, 1.82) is 0 Å². The fourth-order valence-corrected chi connectivity index (χ4v) is 2.58. The molecule has 0 radical (unpaired) electrons. The van der Waals surface area contributed by atoms with Crippen LogP contribution in [0.2, 0.25) is 0 Å². The average molecular weight is 264 g/mol. The van der Waals surface area contributed by atoms with Crippen molar-refractivity contribution in [1.82, 2.24) is 0 Å². The van der Waals surface area contributed by atoms with E-state index in [0.29, 0.717) is 18.1 Å². The third-order valence-electron chi connectivity index (χ3n) is 3.80. The van der Waals surface area contributed by atoms with Gasteiger partial charge in [0.2, 0.25) is 0 Å². The van der Waals surface area contributed by atoms with Crippen LogP contribution in [0.5, 0.6) is 11.5 Å². The molecule has 0 atom stereocenters. The average Bonchev–Trinajstić information content (AvgIpc) is 2.38. The molecule has 4 nitrogen and oxygen atoms in total. The van der Waals surface area contributed by atoms with Crippen LogP contribution in [0.15, 0.2) is 18.2 Å². The van der Waals surface area contributed by atoms with Crippen LogP contribution in [0, 0.1) is 0 Å². The van der Waals surface area contributed by atoms with Crippen LogP contribution < -0.4 is 9.47 Å². The lowest BCUT2D eigenvalue weighted by Crippen LogP contribution is -2.43. The van der Waals surface area contributed by atoms with Gasteiger partial charge in [-0.1, -0.05) is 12.5 Å². The summed E-state index contributed by atoms with van der Waals surface area (Å²) in [7, 11) is 3.05. The van der Waals surface area contributed by atoms with Crippen molar-refractivity contribution >= 4 is 5.97 Å². The lowest BCUT2D eigenvalue weighted by molar-refractivity contribution is -0.151. The van der Waals surface area contributed by atoms with Crippen molar-refractivity contribution < 1.29 is 19.0 Å². The second kappa shape index (κ2) is 5.51. The van der Waals surface area contributed by atoms with Gasteiger partial charge in [-0.3, -0.25) is 4.79 Å². The van der Waals surface area contributed by atoms with Gasteiger partial charge < -0.3 is 14.2 Å². The summed E-state index contributed by atoms with van der Waals surface area (Å²) in [5.74, 6) is 1.20. The molecule has 1 aromatic rings.